The molecule has 1 unspecified atom stereocenters. The Morgan fingerprint density at radius 1 is 0.972 bits per heavy atom. The number of aromatic nitrogens is 2. The zero-order valence-corrected chi connectivity index (χ0v) is 22.0. The number of sulfonamides is 1. The van der Waals surface area contributed by atoms with Crippen LogP contribution >= 0.6 is 0 Å². The lowest BCUT2D eigenvalue weighted by Gasteiger charge is -2.27. The summed E-state index contributed by atoms with van der Waals surface area (Å²) in [7, 11) is 0.268. The summed E-state index contributed by atoms with van der Waals surface area (Å²) >= 11 is 0. The van der Waals surface area contributed by atoms with Gasteiger partial charge >= 0.3 is 0 Å². The number of methoxy groups -OCH3 is 2. The van der Waals surface area contributed by atoms with Gasteiger partial charge in [-0.05, 0) is 56.7 Å². The molecule has 1 aromatic heterocycles. The van der Waals surface area contributed by atoms with Crippen molar-refractivity contribution in [3.63, 3.8) is 0 Å². The second kappa shape index (κ2) is 9.75. The maximum Gasteiger partial charge on any atom is 0.266 e. The molecule has 0 amide bonds. The van der Waals surface area contributed by atoms with E-state index in [4.69, 9.17) is 14.5 Å². The number of aryl methyl sites for hydroxylation is 2. The minimum absolute atomic E-state index is 0.0418. The summed E-state index contributed by atoms with van der Waals surface area (Å²) in [5, 5.41) is 0.452. The highest BCUT2D eigenvalue weighted by molar-refractivity contribution is 7.89. The van der Waals surface area contributed by atoms with Gasteiger partial charge in [0.2, 0.25) is 10.0 Å². The van der Waals surface area contributed by atoms with Crippen molar-refractivity contribution in [1.82, 2.24) is 13.9 Å². The molecule has 1 atom stereocenters. The molecular formula is C27H29N3O5S. The molecule has 0 bridgehead atoms. The second-order valence-electron chi connectivity index (χ2n) is 8.63. The van der Waals surface area contributed by atoms with E-state index in [9.17, 15) is 13.2 Å². The first-order valence-corrected chi connectivity index (χ1v) is 12.8. The van der Waals surface area contributed by atoms with Crippen molar-refractivity contribution in [2.45, 2.75) is 31.7 Å². The first-order chi connectivity index (χ1) is 17.1. The Bertz CT molecular complexity index is 1610. The van der Waals surface area contributed by atoms with Crippen LogP contribution in [0.1, 0.15) is 29.9 Å². The van der Waals surface area contributed by atoms with Crippen LogP contribution in [0.15, 0.2) is 70.4 Å². The van der Waals surface area contributed by atoms with E-state index >= 15 is 0 Å². The summed E-state index contributed by atoms with van der Waals surface area (Å²) in [4.78, 5) is 18.5. The van der Waals surface area contributed by atoms with E-state index in [0.717, 1.165) is 11.1 Å². The molecule has 4 aromatic rings. The number of fused-ring (bicyclic) bond motifs is 1. The van der Waals surface area contributed by atoms with Crippen molar-refractivity contribution in [3.05, 3.63) is 88.0 Å². The first-order valence-electron chi connectivity index (χ1n) is 11.4. The molecule has 1 heterocycles. The third kappa shape index (κ3) is 4.36. The molecule has 0 fully saturated rings. The highest BCUT2D eigenvalue weighted by atomic mass is 32.2. The summed E-state index contributed by atoms with van der Waals surface area (Å²) < 4.78 is 40.8. The van der Waals surface area contributed by atoms with Gasteiger partial charge in [-0.2, -0.15) is 4.31 Å². The van der Waals surface area contributed by atoms with Crippen LogP contribution in [-0.2, 0) is 10.0 Å². The van der Waals surface area contributed by atoms with Gasteiger partial charge in [0.1, 0.15) is 22.2 Å². The molecule has 0 N–H and O–H groups in total. The molecular weight excluding hydrogens is 478 g/mol. The van der Waals surface area contributed by atoms with Crippen molar-refractivity contribution in [2.75, 3.05) is 21.3 Å². The largest absolute Gasteiger partial charge is 0.497 e. The van der Waals surface area contributed by atoms with Gasteiger partial charge in [-0.1, -0.05) is 29.8 Å². The van der Waals surface area contributed by atoms with Crippen LogP contribution in [0.2, 0.25) is 0 Å². The van der Waals surface area contributed by atoms with Crippen molar-refractivity contribution in [1.29, 1.82) is 0 Å². The Hall–Kier alpha value is -3.69. The van der Waals surface area contributed by atoms with Gasteiger partial charge in [0, 0.05) is 13.1 Å². The molecule has 3 aromatic carbocycles. The summed E-state index contributed by atoms with van der Waals surface area (Å²) in [6, 6.07) is 16.6. The Kier molecular flexibility index (Phi) is 6.88. The Morgan fingerprint density at radius 2 is 1.69 bits per heavy atom. The molecule has 9 heteroatoms. The second-order valence-corrected chi connectivity index (χ2v) is 10.6. The van der Waals surface area contributed by atoms with Crippen molar-refractivity contribution in [2.24, 2.45) is 0 Å². The number of ether oxygens (including phenoxy) is 2. The SMILES string of the molecule is COc1ccc(OC)c(S(=O)(=O)N(C)C(C)c2nc3ccccc3c(=O)n2-c2ccc(C)cc2C)c1. The third-order valence-electron chi connectivity index (χ3n) is 6.34. The standard InChI is InChI=1S/C27H29N3O5S/c1-17-11-13-23(18(2)15-17)30-26(28-22-10-8-7-9-21(22)27(30)31)19(3)29(4)36(32,33)25-16-20(34-5)12-14-24(25)35-6/h7-16,19H,1-6H3. The third-order valence-corrected chi connectivity index (χ3v) is 8.29. The van der Waals surface area contributed by atoms with Crippen LogP contribution in [0, 0.1) is 13.8 Å². The summed E-state index contributed by atoms with van der Waals surface area (Å²) in [5.74, 6) is 0.873. The quantitative estimate of drug-likeness (QED) is 0.368. The minimum Gasteiger partial charge on any atom is -0.497 e. The normalized spacial score (nSPS) is 12.6. The monoisotopic (exact) mass is 507 g/mol. The lowest BCUT2D eigenvalue weighted by molar-refractivity contribution is 0.367. The number of nitrogens with zero attached hydrogens (tertiary/aromatic N) is 3. The van der Waals surface area contributed by atoms with E-state index in [1.807, 2.05) is 32.0 Å². The van der Waals surface area contributed by atoms with Crippen LogP contribution in [-0.4, -0.2) is 43.5 Å². The number of hydrogen-bond donors (Lipinski definition) is 0. The fourth-order valence-electron chi connectivity index (χ4n) is 4.23. The predicted octanol–water partition coefficient (Wildman–Crippen LogP) is 4.40. The molecule has 8 nitrogen and oxygen atoms in total. The molecule has 0 aliphatic heterocycles. The fourth-order valence-corrected chi connectivity index (χ4v) is 5.72. The summed E-state index contributed by atoms with van der Waals surface area (Å²) in [5.41, 5.74) is 2.81. The lowest BCUT2D eigenvalue weighted by atomic mass is 10.1. The van der Waals surface area contributed by atoms with E-state index in [1.165, 1.54) is 36.2 Å². The highest BCUT2D eigenvalue weighted by Crippen LogP contribution is 2.34. The highest BCUT2D eigenvalue weighted by Gasteiger charge is 2.32. The average Bonchev–Trinajstić information content (AvgIpc) is 2.88. The smallest absolute Gasteiger partial charge is 0.266 e. The van der Waals surface area contributed by atoms with Crippen LogP contribution in [0.3, 0.4) is 0 Å². The van der Waals surface area contributed by atoms with E-state index < -0.39 is 16.1 Å². The molecule has 4 rings (SSSR count). The molecule has 0 saturated heterocycles. The topological polar surface area (TPSA) is 90.7 Å². The number of rotatable bonds is 7. The number of benzene rings is 3. The van der Waals surface area contributed by atoms with Crippen molar-refractivity contribution in [3.8, 4) is 17.2 Å². The predicted molar refractivity (Wildman–Crippen MR) is 140 cm³/mol. The van der Waals surface area contributed by atoms with Crippen LogP contribution in [0.5, 0.6) is 11.5 Å². The van der Waals surface area contributed by atoms with Gasteiger partial charge in [-0.25, -0.2) is 13.4 Å². The lowest BCUT2D eigenvalue weighted by Crippen LogP contribution is -2.35. The zero-order valence-electron chi connectivity index (χ0n) is 21.1. The van der Waals surface area contributed by atoms with E-state index in [2.05, 4.69) is 0 Å². The molecule has 0 aliphatic carbocycles. The van der Waals surface area contributed by atoms with E-state index in [0.29, 0.717) is 28.2 Å². The fraction of sp³-hybridized carbons (Fsp3) is 0.259. The molecule has 0 aliphatic rings. The molecule has 188 valence electrons. The van der Waals surface area contributed by atoms with Gasteiger partial charge in [0.25, 0.3) is 5.56 Å². The van der Waals surface area contributed by atoms with Gasteiger partial charge in [0.05, 0.1) is 36.9 Å². The Balaban J connectivity index is 1.94. The van der Waals surface area contributed by atoms with Crippen LogP contribution < -0.4 is 15.0 Å². The van der Waals surface area contributed by atoms with Gasteiger partial charge < -0.3 is 9.47 Å². The van der Waals surface area contributed by atoms with Crippen molar-refractivity contribution >= 4 is 20.9 Å². The van der Waals surface area contributed by atoms with Gasteiger partial charge in [0.15, 0.2) is 0 Å². The average molecular weight is 508 g/mol. The van der Waals surface area contributed by atoms with Crippen molar-refractivity contribution < 1.29 is 17.9 Å². The van der Waals surface area contributed by atoms with E-state index in [-0.39, 0.29) is 16.2 Å². The van der Waals surface area contributed by atoms with Crippen LogP contribution in [0.25, 0.3) is 16.6 Å². The van der Waals surface area contributed by atoms with Crippen LogP contribution in [0.4, 0.5) is 0 Å². The zero-order chi connectivity index (χ0) is 26.2. The minimum atomic E-state index is -4.07. The summed E-state index contributed by atoms with van der Waals surface area (Å²) in [6.45, 7) is 5.60. The Morgan fingerprint density at radius 3 is 2.36 bits per heavy atom. The molecule has 36 heavy (non-hydrogen) atoms. The molecule has 0 spiro atoms. The summed E-state index contributed by atoms with van der Waals surface area (Å²) in [6.07, 6.45) is 0. The molecule has 0 saturated carbocycles. The number of hydrogen-bond acceptors (Lipinski definition) is 6. The van der Waals surface area contributed by atoms with Gasteiger partial charge in [-0.3, -0.25) is 9.36 Å². The maximum atomic E-state index is 13.8. The number of para-hydroxylation sites is 1. The maximum absolute atomic E-state index is 13.8. The van der Waals surface area contributed by atoms with Gasteiger partial charge in [-0.15, -0.1) is 0 Å². The molecule has 0 radical (unpaired) electrons. The Labute approximate surface area is 210 Å². The first kappa shape index (κ1) is 25.4. The van der Waals surface area contributed by atoms with E-state index in [1.54, 1.807) is 43.3 Å².